The molecule has 0 aliphatic heterocycles. The van der Waals surface area contributed by atoms with Crippen molar-refractivity contribution in [3.63, 3.8) is 0 Å². The van der Waals surface area contributed by atoms with E-state index in [0.717, 1.165) is 18.2 Å². The molecular formula is C7H7FNa2O4S. The molecule has 8 heteroatoms. The van der Waals surface area contributed by atoms with Crippen LogP contribution in [0.3, 0.4) is 0 Å². The van der Waals surface area contributed by atoms with Gasteiger partial charge in [0.25, 0.3) is 0 Å². The number of carboxylic acid groups (broad SMARTS) is 1. The summed E-state index contributed by atoms with van der Waals surface area (Å²) >= 11 is -2.51. The summed E-state index contributed by atoms with van der Waals surface area (Å²) in [4.78, 5) is 9.86. The van der Waals surface area contributed by atoms with Crippen LogP contribution in [-0.2, 0) is 11.1 Å². The molecular weight excluding hydrogens is 245 g/mol. The molecule has 0 aliphatic carbocycles. The number of hydrogen-bond donors (Lipinski definition) is 2. The molecule has 0 saturated carbocycles. The minimum absolute atomic E-state index is 0. The van der Waals surface area contributed by atoms with Crippen LogP contribution >= 0.6 is 0 Å². The summed E-state index contributed by atoms with van der Waals surface area (Å²) in [5, 5.41) is 8.48. The van der Waals surface area contributed by atoms with Gasteiger partial charge in [-0.2, -0.15) is 0 Å². The molecule has 1 aromatic carbocycles. The number of hydrogen-bond acceptors (Lipinski definition) is 2. The first-order valence-electron chi connectivity index (χ1n) is 3.16. The van der Waals surface area contributed by atoms with Gasteiger partial charge in [-0.25, -0.2) is 13.4 Å². The van der Waals surface area contributed by atoms with Crippen molar-refractivity contribution < 1.29 is 23.1 Å². The van der Waals surface area contributed by atoms with Gasteiger partial charge in [-0.15, -0.1) is 0 Å². The third-order valence-corrected chi connectivity index (χ3v) is 2.06. The molecule has 0 fully saturated rings. The van der Waals surface area contributed by atoms with E-state index < -0.39 is 27.8 Å². The fourth-order valence-electron chi connectivity index (χ4n) is 0.770. The zero-order valence-electron chi connectivity index (χ0n) is 6.23. The van der Waals surface area contributed by atoms with Crippen LogP contribution in [0.5, 0.6) is 0 Å². The number of carboxylic acids is 1. The van der Waals surface area contributed by atoms with Crippen molar-refractivity contribution in [2.75, 3.05) is 0 Å². The Morgan fingerprint density at radius 3 is 2.27 bits per heavy atom. The summed E-state index contributed by atoms with van der Waals surface area (Å²) in [7, 11) is 0. The van der Waals surface area contributed by atoms with E-state index in [1.165, 1.54) is 0 Å². The van der Waals surface area contributed by atoms with E-state index in [2.05, 4.69) is 0 Å². The van der Waals surface area contributed by atoms with Gasteiger partial charge in [-0.3, -0.25) is 0 Å². The van der Waals surface area contributed by atoms with E-state index >= 15 is 0 Å². The Balaban J connectivity index is 0. The molecule has 0 spiro atoms. The fourth-order valence-corrected chi connectivity index (χ4v) is 1.23. The Morgan fingerprint density at radius 2 is 1.87 bits per heavy atom. The molecule has 1 unspecified atom stereocenters. The third-order valence-electron chi connectivity index (χ3n) is 1.37. The second kappa shape index (κ2) is 7.92. The first-order valence-corrected chi connectivity index (χ1v) is 4.26. The maximum atomic E-state index is 12.7. The van der Waals surface area contributed by atoms with Gasteiger partial charge in [0.2, 0.25) is 0 Å². The van der Waals surface area contributed by atoms with Crippen LogP contribution < -0.4 is 0 Å². The van der Waals surface area contributed by atoms with Crippen molar-refractivity contribution in [1.82, 2.24) is 0 Å². The van der Waals surface area contributed by atoms with Crippen LogP contribution in [0.4, 0.5) is 4.39 Å². The Labute approximate surface area is 132 Å². The fraction of sp³-hybridized carbons (Fsp3) is 0. The number of carbonyl (C=O) groups is 1. The first kappa shape index (κ1) is 18.1. The second-order valence-electron chi connectivity index (χ2n) is 2.20. The molecule has 2 N–H and O–H groups in total. The van der Waals surface area contributed by atoms with E-state index in [1.807, 2.05) is 0 Å². The van der Waals surface area contributed by atoms with Gasteiger partial charge in [-0.1, -0.05) is 0 Å². The zero-order chi connectivity index (χ0) is 10.0. The Bertz CT molecular complexity index is 385. The van der Waals surface area contributed by atoms with Gasteiger partial charge in [0.15, 0.2) is 11.1 Å². The Hall–Kier alpha value is 0.730. The van der Waals surface area contributed by atoms with Crippen molar-refractivity contribution in [3.05, 3.63) is 29.6 Å². The zero-order valence-corrected chi connectivity index (χ0v) is 7.05. The van der Waals surface area contributed by atoms with Gasteiger partial charge in [0, 0.05) is 0 Å². The van der Waals surface area contributed by atoms with Crippen LogP contribution in [0.15, 0.2) is 23.1 Å². The van der Waals surface area contributed by atoms with E-state index in [0.29, 0.717) is 0 Å². The van der Waals surface area contributed by atoms with E-state index in [-0.39, 0.29) is 64.7 Å². The minimum atomic E-state index is -2.51. The molecule has 15 heavy (non-hydrogen) atoms. The SMILES string of the molecule is O=C(O)c1ccc(F)c(S(=O)O)c1.[NaH].[NaH]. The van der Waals surface area contributed by atoms with Gasteiger partial charge in [0.05, 0.1) is 5.56 Å². The molecule has 1 rings (SSSR count). The van der Waals surface area contributed by atoms with Crippen LogP contribution in [0, 0.1) is 5.82 Å². The monoisotopic (exact) mass is 252 g/mol. The maximum absolute atomic E-state index is 12.7. The van der Waals surface area contributed by atoms with Gasteiger partial charge in [0.1, 0.15) is 10.7 Å². The third kappa shape index (κ3) is 5.06. The Morgan fingerprint density at radius 1 is 1.33 bits per heavy atom. The molecule has 0 saturated heterocycles. The molecule has 0 aromatic heterocycles. The van der Waals surface area contributed by atoms with Crippen LogP contribution in [0.2, 0.25) is 0 Å². The average molecular weight is 252 g/mol. The molecule has 1 aromatic rings. The number of aromatic carboxylic acids is 1. The quantitative estimate of drug-likeness (QED) is 0.565. The van der Waals surface area contributed by atoms with Crippen molar-refractivity contribution in [1.29, 1.82) is 0 Å². The van der Waals surface area contributed by atoms with Gasteiger partial charge in [-0.05, 0) is 18.2 Å². The average Bonchev–Trinajstić information content (AvgIpc) is 2.04. The number of rotatable bonds is 2. The predicted molar refractivity (Wildman–Crippen MR) is 56.7 cm³/mol. The van der Waals surface area contributed by atoms with Crippen molar-refractivity contribution >= 4 is 76.2 Å². The number of halogens is 1. The standard InChI is InChI=1S/C7H5FO4S.2Na.2H/c8-5-2-1-4(7(9)10)3-6(5)13(11)12;;;;/h1-3H,(H,9,10)(H,11,12);;;;. The molecule has 74 valence electrons. The molecule has 0 aliphatic rings. The molecule has 1 atom stereocenters. The van der Waals surface area contributed by atoms with Crippen LogP contribution in [-0.4, -0.2) is 79.0 Å². The summed E-state index contributed by atoms with van der Waals surface area (Å²) in [5.41, 5.74) is -0.223. The molecule has 4 nitrogen and oxygen atoms in total. The van der Waals surface area contributed by atoms with E-state index in [4.69, 9.17) is 9.66 Å². The van der Waals surface area contributed by atoms with Crippen molar-refractivity contribution in [3.8, 4) is 0 Å². The van der Waals surface area contributed by atoms with Crippen LogP contribution in [0.25, 0.3) is 0 Å². The summed E-state index contributed by atoms with van der Waals surface area (Å²) in [5.74, 6) is -2.17. The summed E-state index contributed by atoms with van der Waals surface area (Å²) in [6, 6.07) is 2.69. The topological polar surface area (TPSA) is 74.6 Å². The van der Waals surface area contributed by atoms with Crippen LogP contribution in [0.1, 0.15) is 10.4 Å². The normalized spacial score (nSPS) is 10.8. The Kier molecular flexibility index (Phi) is 9.55. The molecule has 0 heterocycles. The van der Waals surface area contributed by atoms with Gasteiger partial charge < -0.3 is 9.66 Å². The number of benzene rings is 1. The van der Waals surface area contributed by atoms with Crippen molar-refractivity contribution in [2.45, 2.75) is 4.90 Å². The van der Waals surface area contributed by atoms with Crippen molar-refractivity contribution in [2.24, 2.45) is 0 Å². The molecule has 0 radical (unpaired) electrons. The predicted octanol–water partition coefficient (Wildman–Crippen LogP) is -0.193. The van der Waals surface area contributed by atoms with E-state index in [9.17, 15) is 13.4 Å². The summed E-state index contributed by atoms with van der Waals surface area (Å²) in [6.45, 7) is 0. The first-order chi connectivity index (χ1) is 6.02. The molecule has 0 amide bonds. The summed E-state index contributed by atoms with van der Waals surface area (Å²) < 4.78 is 31.8. The second-order valence-corrected chi connectivity index (χ2v) is 3.14. The molecule has 0 bridgehead atoms. The van der Waals surface area contributed by atoms with Gasteiger partial charge >= 0.3 is 65.1 Å². The van der Waals surface area contributed by atoms with E-state index in [1.54, 1.807) is 0 Å². The summed E-state index contributed by atoms with van der Waals surface area (Å²) in [6.07, 6.45) is 0.